The van der Waals surface area contributed by atoms with Crippen molar-refractivity contribution in [1.29, 1.82) is 0 Å². The summed E-state index contributed by atoms with van der Waals surface area (Å²) in [6.45, 7) is 1.94. The molecule has 0 saturated carbocycles. The number of halogens is 2. The number of hydrogen-bond donors (Lipinski definition) is 0. The van der Waals surface area contributed by atoms with Crippen molar-refractivity contribution in [3.63, 3.8) is 0 Å². The second-order valence-corrected chi connectivity index (χ2v) is 5.30. The van der Waals surface area contributed by atoms with Gasteiger partial charge in [-0.15, -0.1) is 0 Å². The molecule has 93 valence electrons. The molecular weight excluding hydrogens is 305 g/mol. The van der Waals surface area contributed by atoms with Crippen LogP contribution >= 0.6 is 15.9 Å². The van der Waals surface area contributed by atoms with E-state index in [1.165, 1.54) is 12.1 Å². The molecule has 1 radical (unpaired) electrons. The van der Waals surface area contributed by atoms with Crippen LogP contribution in [0.5, 0.6) is 0 Å². The summed E-state index contributed by atoms with van der Waals surface area (Å²) < 4.78 is 14.3. The highest BCUT2D eigenvalue weighted by Crippen LogP contribution is 2.26. The van der Waals surface area contributed by atoms with Gasteiger partial charge in [0.25, 0.3) is 0 Å². The van der Waals surface area contributed by atoms with Crippen LogP contribution in [0.3, 0.4) is 0 Å². The van der Waals surface area contributed by atoms with Crippen molar-refractivity contribution in [2.75, 3.05) is 0 Å². The van der Waals surface area contributed by atoms with Crippen molar-refractivity contribution >= 4 is 26.8 Å². The third-order valence-electron chi connectivity index (χ3n) is 2.97. The summed E-state index contributed by atoms with van der Waals surface area (Å²) in [5.41, 5.74) is 3.32. The minimum absolute atomic E-state index is 0.255. The highest BCUT2D eigenvalue weighted by Gasteiger charge is 2.07. The fourth-order valence-corrected chi connectivity index (χ4v) is 2.45. The van der Waals surface area contributed by atoms with E-state index in [1.54, 1.807) is 6.07 Å². The first kappa shape index (κ1) is 12.3. The van der Waals surface area contributed by atoms with Crippen LogP contribution in [0.1, 0.15) is 5.56 Å². The minimum Gasteiger partial charge on any atom is -0.247 e. The third-order valence-corrected chi connectivity index (χ3v) is 3.46. The van der Waals surface area contributed by atoms with Crippen LogP contribution in [0.2, 0.25) is 0 Å². The number of fused-ring (bicyclic) bond motifs is 1. The van der Waals surface area contributed by atoms with Crippen molar-refractivity contribution in [3.8, 4) is 11.3 Å². The lowest BCUT2D eigenvalue weighted by Gasteiger charge is -2.07. The average Bonchev–Trinajstić information content (AvgIpc) is 2.37. The molecule has 0 amide bonds. The quantitative estimate of drug-likeness (QED) is 0.621. The predicted octanol–water partition coefficient (Wildman–Crippen LogP) is 4.91. The van der Waals surface area contributed by atoms with Gasteiger partial charge in [0.05, 0.1) is 11.2 Å². The van der Waals surface area contributed by atoms with E-state index < -0.39 is 0 Å². The smallest absolute Gasteiger partial charge is 0.123 e. The van der Waals surface area contributed by atoms with E-state index in [4.69, 9.17) is 0 Å². The number of aromatic nitrogens is 1. The zero-order valence-electron chi connectivity index (χ0n) is 10.2. The van der Waals surface area contributed by atoms with Crippen molar-refractivity contribution < 1.29 is 4.39 Å². The molecule has 2 aromatic carbocycles. The molecule has 0 unspecified atom stereocenters. The fourth-order valence-electron chi connectivity index (χ4n) is 2.09. The summed E-state index contributed by atoms with van der Waals surface area (Å²) in [5.74, 6) is -0.255. The largest absolute Gasteiger partial charge is 0.247 e. The zero-order valence-corrected chi connectivity index (χ0v) is 11.8. The normalized spacial score (nSPS) is 10.9. The molecule has 3 heteroatoms. The maximum absolute atomic E-state index is 13.3. The number of nitrogens with zero attached hydrogens (tertiary/aromatic N) is 1. The lowest BCUT2D eigenvalue weighted by atomic mass is 10.0. The number of aryl methyl sites for hydroxylation is 1. The van der Waals surface area contributed by atoms with Crippen LogP contribution in [-0.4, -0.2) is 4.98 Å². The molecule has 3 aromatic rings. The lowest BCUT2D eigenvalue weighted by Crippen LogP contribution is -1.91. The summed E-state index contributed by atoms with van der Waals surface area (Å²) >= 11 is 3.43. The number of benzene rings is 2. The molecule has 0 aliphatic carbocycles. The Morgan fingerprint density at radius 3 is 2.79 bits per heavy atom. The SMILES string of the molecule is Cc1[c]c2cc(Br)ccc2nc1-c1cccc(F)c1. The van der Waals surface area contributed by atoms with Gasteiger partial charge in [-0.3, -0.25) is 0 Å². The topological polar surface area (TPSA) is 12.9 Å². The molecule has 0 N–H and O–H groups in total. The van der Waals surface area contributed by atoms with E-state index in [0.29, 0.717) is 0 Å². The molecule has 0 aliphatic heterocycles. The van der Waals surface area contributed by atoms with E-state index in [9.17, 15) is 4.39 Å². The van der Waals surface area contributed by atoms with Gasteiger partial charge in [0.1, 0.15) is 5.82 Å². The molecule has 1 nitrogen and oxygen atoms in total. The maximum Gasteiger partial charge on any atom is 0.123 e. The standard InChI is InChI=1S/C16H10BrFN/c1-10-7-12-8-13(17)5-6-15(12)19-16(10)11-3-2-4-14(18)9-11/h2-6,8-9H,1H3. The monoisotopic (exact) mass is 314 g/mol. The van der Waals surface area contributed by atoms with E-state index in [0.717, 1.165) is 32.2 Å². The Bertz CT molecular complexity index is 768. The van der Waals surface area contributed by atoms with Crippen molar-refractivity contribution in [2.45, 2.75) is 6.92 Å². The van der Waals surface area contributed by atoms with E-state index >= 15 is 0 Å². The Morgan fingerprint density at radius 2 is 2.00 bits per heavy atom. The van der Waals surface area contributed by atoms with Crippen molar-refractivity contribution in [1.82, 2.24) is 4.98 Å². The lowest BCUT2D eigenvalue weighted by molar-refractivity contribution is 0.628. The summed E-state index contributed by atoms with van der Waals surface area (Å²) in [6.07, 6.45) is 0. The molecule has 0 aliphatic rings. The van der Waals surface area contributed by atoms with Crippen LogP contribution in [0.25, 0.3) is 22.2 Å². The number of pyridine rings is 1. The Labute approximate surface area is 119 Å². The molecule has 0 fully saturated rings. The molecule has 0 spiro atoms. The zero-order chi connectivity index (χ0) is 13.4. The molecule has 0 atom stereocenters. The highest BCUT2D eigenvalue weighted by atomic mass is 79.9. The second-order valence-electron chi connectivity index (χ2n) is 4.38. The van der Waals surface area contributed by atoms with Crippen LogP contribution in [0, 0.1) is 18.8 Å². The van der Waals surface area contributed by atoms with Gasteiger partial charge in [-0.1, -0.05) is 28.1 Å². The van der Waals surface area contributed by atoms with Crippen LogP contribution in [0.15, 0.2) is 46.9 Å². The van der Waals surface area contributed by atoms with Gasteiger partial charge in [0.15, 0.2) is 0 Å². The summed E-state index contributed by atoms with van der Waals surface area (Å²) in [5, 5.41) is 0.951. The summed E-state index contributed by atoms with van der Waals surface area (Å²) in [6, 6.07) is 15.6. The summed E-state index contributed by atoms with van der Waals surface area (Å²) in [4.78, 5) is 4.61. The van der Waals surface area contributed by atoms with Crippen LogP contribution in [-0.2, 0) is 0 Å². The van der Waals surface area contributed by atoms with Gasteiger partial charge < -0.3 is 0 Å². The van der Waals surface area contributed by atoms with E-state index in [1.807, 2.05) is 31.2 Å². The Balaban J connectivity index is 2.24. The molecule has 19 heavy (non-hydrogen) atoms. The Morgan fingerprint density at radius 1 is 1.16 bits per heavy atom. The Kier molecular flexibility index (Phi) is 3.07. The minimum atomic E-state index is -0.255. The maximum atomic E-state index is 13.3. The number of hydrogen-bond acceptors (Lipinski definition) is 1. The predicted molar refractivity (Wildman–Crippen MR) is 78.4 cm³/mol. The van der Waals surface area contributed by atoms with Gasteiger partial charge in [-0.05, 0) is 48.9 Å². The molecule has 3 rings (SSSR count). The van der Waals surface area contributed by atoms with Gasteiger partial charge in [0, 0.05) is 15.4 Å². The first-order valence-corrected chi connectivity index (χ1v) is 6.68. The molecule has 1 aromatic heterocycles. The molecule has 0 bridgehead atoms. The van der Waals surface area contributed by atoms with Gasteiger partial charge >= 0.3 is 0 Å². The van der Waals surface area contributed by atoms with Crippen LogP contribution < -0.4 is 0 Å². The number of rotatable bonds is 1. The third kappa shape index (κ3) is 2.38. The Hall–Kier alpha value is -1.74. The highest BCUT2D eigenvalue weighted by molar-refractivity contribution is 9.10. The van der Waals surface area contributed by atoms with E-state index in [-0.39, 0.29) is 5.82 Å². The van der Waals surface area contributed by atoms with Crippen LogP contribution in [0.4, 0.5) is 4.39 Å². The first-order valence-electron chi connectivity index (χ1n) is 5.88. The van der Waals surface area contributed by atoms with Crippen molar-refractivity contribution in [2.24, 2.45) is 0 Å². The fraction of sp³-hybridized carbons (Fsp3) is 0.0625. The first-order chi connectivity index (χ1) is 9.13. The summed E-state index contributed by atoms with van der Waals surface area (Å²) in [7, 11) is 0. The molecular formula is C16H10BrFN. The second kappa shape index (κ2) is 4.74. The molecule has 1 heterocycles. The van der Waals surface area contributed by atoms with Crippen molar-refractivity contribution in [3.05, 3.63) is 64.4 Å². The molecule has 0 saturated heterocycles. The van der Waals surface area contributed by atoms with Gasteiger partial charge in [0.2, 0.25) is 0 Å². The van der Waals surface area contributed by atoms with Gasteiger partial charge in [-0.25, -0.2) is 9.37 Å². The van der Waals surface area contributed by atoms with Gasteiger partial charge in [-0.2, -0.15) is 0 Å². The average molecular weight is 315 g/mol. The van der Waals surface area contributed by atoms with E-state index in [2.05, 4.69) is 27.0 Å².